The number of aliphatic hydroxyl groups is 2. The van der Waals surface area contributed by atoms with E-state index in [1.165, 1.54) is 38.5 Å². The van der Waals surface area contributed by atoms with Gasteiger partial charge in [0.25, 0.3) is 0 Å². The van der Waals surface area contributed by atoms with Gasteiger partial charge < -0.3 is 10.2 Å². The Morgan fingerprint density at radius 3 is 2.41 bits per heavy atom. The summed E-state index contributed by atoms with van der Waals surface area (Å²) < 4.78 is 0. The highest BCUT2D eigenvalue weighted by Crippen LogP contribution is 2.64. The third kappa shape index (κ3) is 3.41. The number of hydrogen-bond acceptors (Lipinski definition) is 4. The van der Waals surface area contributed by atoms with E-state index in [1.807, 2.05) is 13.8 Å². The monoisotopic (exact) mass is 376 g/mol. The molecule has 3 fully saturated rings. The summed E-state index contributed by atoms with van der Waals surface area (Å²) in [5.74, 6) is 2.16. The van der Waals surface area contributed by atoms with Gasteiger partial charge in [-0.3, -0.25) is 10.6 Å². The van der Waals surface area contributed by atoms with Crippen molar-refractivity contribution in [3.05, 3.63) is 11.6 Å². The Balaban J connectivity index is 1.68. The molecule has 9 atom stereocenters. The van der Waals surface area contributed by atoms with Gasteiger partial charge in [-0.15, -0.1) is 0 Å². The highest BCUT2D eigenvalue weighted by Gasteiger charge is 2.58. The van der Waals surface area contributed by atoms with E-state index in [2.05, 4.69) is 30.6 Å². The predicted molar refractivity (Wildman–Crippen MR) is 109 cm³/mol. The standard InChI is InChI=1S/C23H40N2O2/c1-14(26)24-17-7-11-23(4)16(12-17)13-20(25-15(2)27)21-18-6-5-9-22(18,3)10-8-19(21)23/h13-15,17-21,24-27H,5-12H2,1-4H3/t14?,15?,17?,18-,19+,20?,21-,22-,23-/m0/s1. The second-order valence-electron chi connectivity index (χ2n) is 10.6. The summed E-state index contributed by atoms with van der Waals surface area (Å²) in [7, 11) is 0. The van der Waals surface area contributed by atoms with E-state index in [-0.39, 0.29) is 6.04 Å². The van der Waals surface area contributed by atoms with Gasteiger partial charge in [-0.25, -0.2) is 0 Å². The largest absolute Gasteiger partial charge is 0.379 e. The van der Waals surface area contributed by atoms with E-state index in [1.54, 1.807) is 5.57 Å². The molecule has 0 aromatic carbocycles. The van der Waals surface area contributed by atoms with Gasteiger partial charge >= 0.3 is 0 Å². The summed E-state index contributed by atoms with van der Waals surface area (Å²) in [6.45, 7) is 8.73. The molecule has 4 nitrogen and oxygen atoms in total. The molecule has 4 rings (SSSR count). The van der Waals surface area contributed by atoms with E-state index in [9.17, 15) is 10.2 Å². The average molecular weight is 377 g/mol. The minimum atomic E-state index is -0.471. The number of nitrogens with one attached hydrogen (secondary N) is 2. The Labute approximate surface area is 165 Å². The van der Waals surface area contributed by atoms with Crippen LogP contribution in [0.15, 0.2) is 11.6 Å². The zero-order valence-electron chi connectivity index (χ0n) is 17.7. The van der Waals surface area contributed by atoms with Gasteiger partial charge in [-0.2, -0.15) is 0 Å². The third-order valence-corrected chi connectivity index (χ3v) is 8.85. The lowest BCUT2D eigenvalue weighted by Crippen LogP contribution is -2.58. The van der Waals surface area contributed by atoms with Crippen molar-refractivity contribution in [3.8, 4) is 0 Å². The van der Waals surface area contributed by atoms with Gasteiger partial charge in [0.1, 0.15) is 12.5 Å². The summed E-state index contributed by atoms with van der Waals surface area (Å²) in [4.78, 5) is 0. The summed E-state index contributed by atoms with van der Waals surface area (Å²) in [5.41, 5.74) is 2.36. The first-order chi connectivity index (χ1) is 12.7. The van der Waals surface area contributed by atoms with Crippen LogP contribution >= 0.6 is 0 Å². The molecule has 4 aliphatic carbocycles. The Bertz CT molecular complexity index is 589. The zero-order valence-corrected chi connectivity index (χ0v) is 17.7. The quantitative estimate of drug-likeness (QED) is 0.448. The normalized spacial score (nSPS) is 48.8. The van der Waals surface area contributed by atoms with Crippen molar-refractivity contribution in [2.75, 3.05) is 0 Å². The van der Waals surface area contributed by atoms with Crippen molar-refractivity contribution in [2.24, 2.45) is 28.6 Å². The Kier molecular flexibility index (Phi) is 5.24. The summed E-state index contributed by atoms with van der Waals surface area (Å²) in [5, 5.41) is 26.8. The van der Waals surface area contributed by atoms with E-state index in [0.717, 1.165) is 24.7 Å². The van der Waals surface area contributed by atoms with Crippen molar-refractivity contribution >= 4 is 0 Å². The van der Waals surface area contributed by atoms with Gasteiger partial charge in [0.2, 0.25) is 0 Å². The van der Waals surface area contributed by atoms with Crippen LogP contribution < -0.4 is 10.6 Å². The molecule has 0 heterocycles. The van der Waals surface area contributed by atoms with Crippen LogP contribution in [0.4, 0.5) is 0 Å². The lowest BCUT2D eigenvalue weighted by molar-refractivity contribution is -0.0487. The fourth-order valence-electron chi connectivity index (χ4n) is 7.60. The topological polar surface area (TPSA) is 64.5 Å². The Morgan fingerprint density at radius 2 is 1.70 bits per heavy atom. The van der Waals surface area contributed by atoms with Crippen LogP contribution in [0.3, 0.4) is 0 Å². The van der Waals surface area contributed by atoms with Crippen LogP contribution in [0.2, 0.25) is 0 Å². The fraction of sp³-hybridized carbons (Fsp3) is 0.913. The molecule has 0 radical (unpaired) electrons. The third-order valence-electron chi connectivity index (χ3n) is 8.85. The van der Waals surface area contributed by atoms with Crippen LogP contribution in [0, 0.1) is 28.6 Å². The maximum absolute atomic E-state index is 10.1. The van der Waals surface area contributed by atoms with Crippen molar-refractivity contribution < 1.29 is 10.2 Å². The molecule has 0 spiro atoms. The molecule has 0 amide bonds. The van der Waals surface area contributed by atoms with Crippen molar-refractivity contribution in [2.45, 2.75) is 104 Å². The smallest absolute Gasteiger partial charge is 0.102 e. The first-order valence-corrected chi connectivity index (χ1v) is 11.3. The maximum atomic E-state index is 10.1. The highest BCUT2D eigenvalue weighted by atomic mass is 16.3. The van der Waals surface area contributed by atoms with Crippen molar-refractivity contribution in [1.82, 2.24) is 10.6 Å². The molecule has 3 saturated carbocycles. The van der Waals surface area contributed by atoms with E-state index < -0.39 is 12.5 Å². The van der Waals surface area contributed by atoms with Crippen LogP contribution in [0.1, 0.15) is 79.1 Å². The number of fused-ring (bicyclic) bond motifs is 5. The molecule has 4 heteroatoms. The van der Waals surface area contributed by atoms with Crippen LogP contribution in [-0.4, -0.2) is 34.8 Å². The second kappa shape index (κ2) is 7.12. The summed E-state index contributed by atoms with van der Waals surface area (Å²) in [6.07, 6.45) is 11.8. The molecule has 0 aliphatic heterocycles. The van der Waals surface area contributed by atoms with Crippen LogP contribution in [0.25, 0.3) is 0 Å². The number of rotatable bonds is 4. The minimum Gasteiger partial charge on any atom is -0.379 e. The summed E-state index contributed by atoms with van der Waals surface area (Å²) in [6, 6.07) is 0.652. The van der Waals surface area contributed by atoms with Gasteiger partial charge in [0.05, 0.1) is 0 Å². The molecule has 4 aliphatic rings. The zero-order chi connectivity index (χ0) is 19.4. The molecular weight excluding hydrogens is 336 g/mol. The summed E-state index contributed by atoms with van der Waals surface area (Å²) >= 11 is 0. The molecule has 0 aromatic heterocycles. The average Bonchev–Trinajstić information content (AvgIpc) is 2.96. The molecule has 4 N–H and O–H groups in total. The number of hydrogen-bond donors (Lipinski definition) is 4. The first-order valence-electron chi connectivity index (χ1n) is 11.3. The fourth-order valence-corrected chi connectivity index (χ4v) is 7.60. The predicted octanol–water partition coefficient (Wildman–Crippen LogP) is 3.54. The van der Waals surface area contributed by atoms with Crippen molar-refractivity contribution in [3.63, 3.8) is 0 Å². The lowest BCUT2D eigenvalue weighted by atomic mass is 9.47. The molecule has 4 unspecified atom stereocenters. The van der Waals surface area contributed by atoms with Crippen molar-refractivity contribution in [1.29, 1.82) is 0 Å². The Hall–Kier alpha value is -0.420. The van der Waals surface area contributed by atoms with E-state index in [4.69, 9.17) is 0 Å². The minimum absolute atomic E-state index is 0.283. The molecule has 27 heavy (non-hydrogen) atoms. The van der Waals surface area contributed by atoms with E-state index >= 15 is 0 Å². The SMILES string of the molecule is CC(O)NC1CC[C@@]2(C)C(=CC(NC(C)O)[C@@H]3[C@H]2CC[C@]2(C)CCC[C@@H]32)C1. The number of aliphatic hydroxyl groups excluding tert-OH is 2. The van der Waals surface area contributed by atoms with Gasteiger partial charge in [-0.05, 0) is 87.4 Å². The maximum Gasteiger partial charge on any atom is 0.102 e. The molecule has 0 saturated heterocycles. The van der Waals surface area contributed by atoms with Gasteiger partial charge in [0, 0.05) is 12.1 Å². The van der Waals surface area contributed by atoms with Gasteiger partial charge in [0.15, 0.2) is 0 Å². The molecular formula is C23H40N2O2. The van der Waals surface area contributed by atoms with Crippen LogP contribution in [-0.2, 0) is 0 Å². The van der Waals surface area contributed by atoms with Crippen LogP contribution in [0.5, 0.6) is 0 Å². The lowest BCUT2D eigenvalue weighted by Gasteiger charge is -2.59. The van der Waals surface area contributed by atoms with Gasteiger partial charge in [-0.1, -0.05) is 31.9 Å². The molecule has 0 bridgehead atoms. The first kappa shape index (κ1) is 19.9. The van der Waals surface area contributed by atoms with E-state index in [0.29, 0.717) is 22.8 Å². The second-order valence-corrected chi connectivity index (χ2v) is 10.6. The highest BCUT2D eigenvalue weighted by molar-refractivity contribution is 5.29. The Morgan fingerprint density at radius 1 is 0.963 bits per heavy atom. The molecule has 154 valence electrons. The molecule has 0 aromatic rings.